The van der Waals surface area contributed by atoms with E-state index in [0.717, 1.165) is 35.5 Å². The summed E-state index contributed by atoms with van der Waals surface area (Å²) in [6, 6.07) is 17.6. The van der Waals surface area contributed by atoms with Crippen LogP contribution in [0.15, 0.2) is 54.6 Å². The lowest BCUT2D eigenvalue weighted by atomic mass is 10.1. The third-order valence-electron chi connectivity index (χ3n) is 4.36. The molecule has 126 valence electrons. The average molecular weight is 344 g/mol. The Labute approximate surface area is 148 Å². The van der Waals surface area contributed by atoms with E-state index >= 15 is 0 Å². The van der Waals surface area contributed by atoms with Crippen LogP contribution in [0, 0.1) is 0 Å². The van der Waals surface area contributed by atoms with Gasteiger partial charge in [0.05, 0.1) is 19.1 Å². The zero-order valence-electron chi connectivity index (χ0n) is 13.7. The Kier molecular flexibility index (Phi) is 5.89. The number of carbonyl (C=O) groups excluding carboxylic acids is 1. The van der Waals surface area contributed by atoms with Gasteiger partial charge in [-0.05, 0) is 30.0 Å². The Hall–Kier alpha value is -1.84. The summed E-state index contributed by atoms with van der Waals surface area (Å²) in [7, 11) is 0. The summed E-state index contributed by atoms with van der Waals surface area (Å²) in [5, 5.41) is 0.727. The van der Waals surface area contributed by atoms with Gasteiger partial charge in [0.15, 0.2) is 0 Å². The molecule has 1 aliphatic rings. The zero-order chi connectivity index (χ0) is 16.8. The Morgan fingerprint density at radius 3 is 2.67 bits per heavy atom. The maximum Gasteiger partial charge on any atom is 0.227 e. The second kappa shape index (κ2) is 8.32. The van der Waals surface area contributed by atoms with Crippen LogP contribution in [0.25, 0.3) is 0 Å². The molecule has 1 atom stereocenters. The minimum Gasteiger partial charge on any atom is -0.372 e. The maximum absolute atomic E-state index is 12.5. The van der Waals surface area contributed by atoms with Crippen molar-refractivity contribution in [3.8, 4) is 0 Å². The minimum atomic E-state index is 0.0785. The van der Waals surface area contributed by atoms with Crippen LogP contribution >= 0.6 is 11.6 Å². The van der Waals surface area contributed by atoms with E-state index in [1.165, 1.54) is 0 Å². The van der Waals surface area contributed by atoms with Crippen molar-refractivity contribution in [3.05, 3.63) is 70.7 Å². The fraction of sp³-hybridized carbons (Fsp3) is 0.350. The number of halogens is 1. The van der Waals surface area contributed by atoms with Gasteiger partial charge in [-0.1, -0.05) is 60.1 Å². The molecular formula is C20H22ClNO2. The Balaban J connectivity index is 1.52. The van der Waals surface area contributed by atoms with Gasteiger partial charge < -0.3 is 9.64 Å². The number of likely N-dealkylation sites (tertiary alicyclic amines) is 1. The number of ether oxygens (including phenoxy) is 1. The number of rotatable bonds is 5. The standard InChI is InChI=1S/C20H22ClNO2/c21-19-11-5-4-9-17(19)15-24-18-10-6-12-22(14-18)20(23)13-16-7-2-1-3-8-16/h1-5,7-9,11,18H,6,10,12-15H2. The molecule has 0 radical (unpaired) electrons. The lowest BCUT2D eigenvalue weighted by Gasteiger charge is -2.33. The first-order chi connectivity index (χ1) is 11.7. The van der Waals surface area contributed by atoms with Crippen molar-refractivity contribution in [2.45, 2.75) is 32.0 Å². The van der Waals surface area contributed by atoms with E-state index in [0.29, 0.717) is 19.6 Å². The van der Waals surface area contributed by atoms with E-state index in [1.807, 2.05) is 59.5 Å². The molecule has 1 aliphatic heterocycles. The Morgan fingerprint density at radius 2 is 1.88 bits per heavy atom. The minimum absolute atomic E-state index is 0.0785. The fourth-order valence-electron chi connectivity index (χ4n) is 3.01. The number of benzene rings is 2. The highest BCUT2D eigenvalue weighted by molar-refractivity contribution is 6.31. The quantitative estimate of drug-likeness (QED) is 0.818. The smallest absolute Gasteiger partial charge is 0.227 e. The van der Waals surface area contributed by atoms with Crippen LogP contribution < -0.4 is 0 Å². The summed E-state index contributed by atoms with van der Waals surface area (Å²) >= 11 is 6.17. The zero-order valence-corrected chi connectivity index (χ0v) is 14.4. The molecule has 1 fully saturated rings. The molecule has 2 aromatic rings. The molecule has 1 amide bonds. The molecule has 0 bridgehead atoms. The Bertz CT molecular complexity index is 674. The van der Waals surface area contributed by atoms with Crippen LogP contribution in [0.2, 0.25) is 5.02 Å². The second-order valence-corrected chi connectivity index (χ2v) is 6.58. The molecule has 1 unspecified atom stereocenters. The van der Waals surface area contributed by atoms with Crippen molar-refractivity contribution < 1.29 is 9.53 Å². The number of hydrogen-bond acceptors (Lipinski definition) is 2. The van der Waals surface area contributed by atoms with Gasteiger partial charge in [0.1, 0.15) is 0 Å². The molecule has 1 saturated heterocycles. The van der Waals surface area contributed by atoms with Crippen molar-refractivity contribution in [1.29, 1.82) is 0 Å². The first-order valence-corrected chi connectivity index (χ1v) is 8.77. The van der Waals surface area contributed by atoms with Crippen molar-refractivity contribution in [2.24, 2.45) is 0 Å². The van der Waals surface area contributed by atoms with E-state index in [9.17, 15) is 4.79 Å². The van der Waals surface area contributed by atoms with Crippen LogP contribution in [0.4, 0.5) is 0 Å². The van der Waals surface area contributed by atoms with Crippen molar-refractivity contribution >= 4 is 17.5 Å². The van der Waals surface area contributed by atoms with Gasteiger partial charge >= 0.3 is 0 Å². The van der Waals surface area contributed by atoms with E-state index in [4.69, 9.17) is 16.3 Å². The lowest BCUT2D eigenvalue weighted by Crippen LogP contribution is -2.43. The summed E-state index contributed by atoms with van der Waals surface area (Å²) in [4.78, 5) is 14.4. The summed E-state index contributed by atoms with van der Waals surface area (Å²) in [5.41, 5.74) is 2.05. The number of nitrogens with zero attached hydrogens (tertiary/aromatic N) is 1. The van der Waals surface area contributed by atoms with Crippen molar-refractivity contribution in [1.82, 2.24) is 4.90 Å². The number of piperidine rings is 1. The second-order valence-electron chi connectivity index (χ2n) is 6.17. The normalized spacial score (nSPS) is 17.7. The van der Waals surface area contributed by atoms with Crippen LogP contribution in [0.5, 0.6) is 0 Å². The molecule has 0 spiro atoms. The summed E-state index contributed by atoms with van der Waals surface area (Å²) in [6.45, 7) is 1.97. The molecule has 0 N–H and O–H groups in total. The molecule has 0 aromatic heterocycles. The molecular weight excluding hydrogens is 322 g/mol. The van der Waals surface area contributed by atoms with Crippen LogP contribution in [-0.2, 0) is 22.6 Å². The van der Waals surface area contributed by atoms with Crippen molar-refractivity contribution in [2.75, 3.05) is 13.1 Å². The molecule has 3 nitrogen and oxygen atoms in total. The molecule has 3 rings (SSSR count). The molecule has 24 heavy (non-hydrogen) atoms. The van der Waals surface area contributed by atoms with Gasteiger partial charge in [-0.2, -0.15) is 0 Å². The summed E-state index contributed by atoms with van der Waals surface area (Å²) in [5.74, 6) is 0.173. The van der Waals surface area contributed by atoms with E-state index in [1.54, 1.807) is 0 Å². The van der Waals surface area contributed by atoms with Gasteiger partial charge in [0.25, 0.3) is 0 Å². The highest BCUT2D eigenvalue weighted by Crippen LogP contribution is 2.20. The van der Waals surface area contributed by atoms with Crippen molar-refractivity contribution in [3.63, 3.8) is 0 Å². The third kappa shape index (κ3) is 4.59. The third-order valence-corrected chi connectivity index (χ3v) is 4.73. The molecule has 4 heteroatoms. The summed E-state index contributed by atoms with van der Waals surface area (Å²) < 4.78 is 6.00. The number of amides is 1. The molecule has 1 heterocycles. The van der Waals surface area contributed by atoms with Gasteiger partial charge in [-0.15, -0.1) is 0 Å². The topological polar surface area (TPSA) is 29.5 Å². The lowest BCUT2D eigenvalue weighted by molar-refractivity contribution is -0.134. The van der Waals surface area contributed by atoms with Crippen LogP contribution in [-0.4, -0.2) is 30.0 Å². The van der Waals surface area contributed by atoms with Crippen LogP contribution in [0.1, 0.15) is 24.0 Å². The van der Waals surface area contributed by atoms with Gasteiger partial charge in [-0.25, -0.2) is 0 Å². The number of hydrogen-bond donors (Lipinski definition) is 0. The predicted molar refractivity (Wildman–Crippen MR) is 96.0 cm³/mol. The maximum atomic E-state index is 12.5. The fourth-order valence-corrected chi connectivity index (χ4v) is 3.20. The highest BCUT2D eigenvalue weighted by Gasteiger charge is 2.24. The number of carbonyl (C=O) groups is 1. The first kappa shape index (κ1) is 17.0. The van der Waals surface area contributed by atoms with E-state index in [2.05, 4.69) is 0 Å². The predicted octanol–water partition coefficient (Wildman–Crippen LogP) is 4.09. The monoisotopic (exact) mass is 343 g/mol. The SMILES string of the molecule is O=C(Cc1ccccc1)N1CCCC(OCc2ccccc2Cl)C1. The largest absolute Gasteiger partial charge is 0.372 e. The summed E-state index contributed by atoms with van der Waals surface area (Å²) in [6.07, 6.45) is 2.50. The average Bonchev–Trinajstić information content (AvgIpc) is 2.62. The Morgan fingerprint density at radius 1 is 1.12 bits per heavy atom. The van der Waals surface area contributed by atoms with E-state index in [-0.39, 0.29) is 12.0 Å². The molecule has 0 aliphatic carbocycles. The van der Waals surface area contributed by atoms with Gasteiger partial charge in [0.2, 0.25) is 5.91 Å². The van der Waals surface area contributed by atoms with Crippen LogP contribution in [0.3, 0.4) is 0 Å². The van der Waals surface area contributed by atoms with Gasteiger partial charge in [0, 0.05) is 18.1 Å². The van der Waals surface area contributed by atoms with E-state index < -0.39 is 0 Å². The van der Waals surface area contributed by atoms with Gasteiger partial charge in [-0.3, -0.25) is 4.79 Å². The highest BCUT2D eigenvalue weighted by atomic mass is 35.5. The molecule has 0 saturated carbocycles. The molecule has 2 aromatic carbocycles. The first-order valence-electron chi connectivity index (χ1n) is 8.39.